The van der Waals surface area contributed by atoms with Crippen molar-refractivity contribution in [1.82, 2.24) is 14.6 Å². The lowest BCUT2D eigenvalue weighted by molar-refractivity contribution is 0.0701. The number of hydrogen-bond acceptors (Lipinski definition) is 6. The SMILES string of the molecule is Cc1c(C(=O)O)sc2[nH]c(=S)n(NC(=O)c3ccncc3)c(=O)c12. The van der Waals surface area contributed by atoms with Crippen molar-refractivity contribution in [3.05, 3.63) is 55.7 Å². The number of aromatic carboxylic acids is 1. The van der Waals surface area contributed by atoms with Crippen LogP contribution in [0.5, 0.6) is 0 Å². The van der Waals surface area contributed by atoms with E-state index < -0.39 is 17.4 Å². The predicted octanol–water partition coefficient (Wildman–Crippen LogP) is 1.91. The Hall–Kier alpha value is -2.85. The minimum atomic E-state index is -1.13. The number of H-pyrrole nitrogens is 1. The van der Waals surface area contributed by atoms with Gasteiger partial charge in [-0.1, -0.05) is 0 Å². The number of pyridine rings is 1. The highest BCUT2D eigenvalue weighted by molar-refractivity contribution is 7.71. The van der Waals surface area contributed by atoms with Crippen molar-refractivity contribution in [2.75, 3.05) is 5.43 Å². The summed E-state index contributed by atoms with van der Waals surface area (Å²) in [5.41, 5.74) is 2.46. The van der Waals surface area contributed by atoms with E-state index >= 15 is 0 Å². The Morgan fingerprint density at radius 1 is 1.38 bits per heavy atom. The van der Waals surface area contributed by atoms with Gasteiger partial charge in [-0.05, 0) is 36.8 Å². The Morgan fingerprint density at radius 2 is 2.04 bits per heavy atom. The van der Waals surface area contributed by atoms with Gasteiger partial charge >= 0.3 is 5.97 Å². The van der Waals surface area contributed by atoms with Crippen LogP contribution in [-0.2, 0) is 0 Å². The zero-order chi connectivity index (χ0) is 17.4. The highest BCUT2D eigenvalue weighted by Gasteiger charge is 2.19. The number of aromatic nitrogens is 3. The third kappa shape index (κ3) is 2.61. The van der Waals surface area contributed by atoms with Gasteiger partial charge in [-0.3, -0.25) is 20.0 Å². The van der Waals surface area contributed by atoms with Crippen LogP contribution in [0.4, 0.5) is 0 Å². The lowest BCUT2D eigenvalue weighted by atomic mass is 10.2. The number of hydrogen-bond donors (Lipinski definition) is 3. The van der Waals surface area contributed by atoms with Crippen molar-refractivity contribution in [2.45, 2.75) is 6.92 Å². The number of carboxylic acids is 1. The summed E-state index contributed by atoms with van der Waals surface area (Å²) in [4.78, 5) is 43.1. The monoisotopic (exact) mass is 362 g/mol. The molecule has 0 bridgehead atoms. The molecule has 3 aromatic heterocycles. The van der Waals surface area contributed by atoms with Crippen LogP contribution in [0.2, 0.25) is 0 Å². The normalized spacial score (nSPS) is 10.7. The molecule has 0 radical (unpaired) electrons. The van der Waals surface area contributed by atoms with E-state index in [1.165, 1.54) is 31.5 Å². The van der Waals surface area contributed by atoms with Gasteiger partial charge in [0.2, 0.25) is 4.77 Å². The highest BCUT2D eigenvalue weighted by Crippen LogP contribution is 2.26. The first-order chi connectivity index (χ1) is 11.4. The van der Waals surface area contributed by atoms with Crippen LogP contribution in [-0.4, -0.2) is 31.6 Å². The average molecular weight is 362 g/mol. The molecule has 0 aliphatic rings. The highest BCUT2D eigenvalue weighted by atomic mass is 32.1. The maximum Gasteiger partial charge on any atom is 0.346 e. The van der Waals surface area contributed by atoms with Crippen molar-refractivity contribution in [3.8, 4) is 0 Å². The number of rotatable bonds is 3. The molecule has 3 rings (SSSR count). The summed E-state index contributed by atoms with van der Waals surface area (Å²) in [7, 11) is 0. The third-order valence-electron chi connectivity index (χ3n) is 3.34. The number of thiophene rings is 1. The molecule has 3 heterocycles. The summed E-state index contributed by atoms with van der Waals surface area (Å²) in [6, 6.07) is 2.98. The molecule has 0 spiro atoms. The number of nitrogens with zero attached hydrogens (tertiary/aromatic N) is 2. The second-order valence-electron chi connectivity index (χ2n) is 4.81. The number of carboxylic acid groups (broad SMARTS) is 1. The predicted molar refractivity (Wildman–Crippen MR) is 90.9 cm³/mol. The Morgan fingerprint density at radius 3 is 2.67 bits per heavy atom. The number of nitrogens with one attached hydrogen (secondary N) is 2. The second-order valence-corrected chi connectivity index (χ2v) is 6.22. The van der Waals surface area contributed by atoms with Gasteiger partial charge < -0.3 is 10.1 Å². The first-order valence-electron chi connectivity index (χ1n) is 6.63. The van der Waals surface area contributed by atoms with Gasteiger partial charge in [0.05, 0.1) is 5.39 Å². The van der Waals surface area contributed by atoms with E-state index in [0.29, 0.717) is 16.0 Å². The van der Waals surface area contributed by atoms with E-state index in [4.69, 9.17) is 12.2 Å². The van der Waals surface area contributed by atoms with Gasteiger partial charge in [0.1, 0.15) is 9.71 Å². The molecule has 3 N–H and O–H groups in total. The fourth-order valence-corrected chi connectivity index (χ4v) is 3.52. The quantitative estimate of drug-likeness (QED) is 0.613. The van der Waals surface area contributed by atoms with Crippen LogP contribution >= 0.6 is 23.6 Å². The van der Waals surface area contributed by atoms with Gasteiger partial charge in [-0.2, -0.15) is 4.68 Å². The number of amides is 1. The van der Waals surface area contributed by atoms with E-state index in [9.17, 15) is 19.5 Å². The molecule has 0 aromatic carbocycles. The Balaban J connectivity index is 2.14. The van der Waals surface area contributed by atoms with Gasteiger partial charge in [-0.15, -0.1) is 11.3 Å². The van der Waals surface area contributed by atoms with E-state index in [1.807, 2.05) is 0 Å². The topological polar surface area (TPSA) is 117 Å². The van der Waals surface area contributed by atoms with Gasteiger partial charge in [0.15, 0.2) is 0 Å². The maximum atomic E-state index is 12.6. The molecular formula is C14H10N4O4S2. The lowest BCUT2D eigenvalue weighted by Crippen LogP contribution is -2.34. The van der Waals surface area contributed by atoms with E-state index in [1.54, 1.807) is 0 Å². The van der Waals surface area contributed by atoms with Gasteiger partial charge in [0, 0.05) is 18.0 Å². The van der Waals surface area contributed by atoms with E-state index in [0.717, 1.165) is 16.0 Å². The van der Waals surface area contributed by atoms with E-state index in [-0.39, 0.29) is 15.0 Å². The summed E-state index contributed by atoms with van der Waals surface area (Å²) in [6.07, 6.45) is 2.90. The fraction of sp³-hybridized carbons (Fsp3) is 0.0714. The van der Waals surface area contributed by atoms with E-state index in [2.05, 4.69) is 15.4 Å². The van der Waals surface area contributed by atoms with Crippen LogP contribution in [0.3, 0.4) is 0 Å². The molecule has 10 heteroatoms. The number of carbonyl (C=O) groups is 2. The number of aromatic amines is 1. The molecule has 0 fully saturated rings. The van der Waals surface area contributed by atoms with Crippen molar-refractivity contribution in [3.63, 3.8) is 0 Å². The van der Waals surface area contributed by atoms with Crippen LogP contribution in [0.25, 0.3) is 10.2 Å². The van der Waals surface area contributed by atoms with Gasteiger partial charge in [0.25, 0.3) is 11.5 Å². The molecule has 0 saturated heterocycles. The van der Waals surface area contributed by atoms with Crippen molar-refractivity contribution < 1.29 is 14.7 Å². The first-order valence-corrected chi connectivity index (χ1v) is 7.85. The summed E-state index contributed by atoms with van der Waals surface area (Å²) >= 11 is 6.02. The van der Waals surface area contributed by atoms with Gasteiger partial charge in [-0.25, -0.2) is 4.79 Å². The summed E-state index contributed by atoms with van der Waals surface area (Å²) in [5, 5.41) is 9.36. The number of carbonyl (C=O) groups excluding carboxylic acids is 1. The summed E-state index contributed by atoms with van der Waals surface area (Å²) < 4.78 is 0.860. The molecule has 0 aliphatic heterocycles. The molecule has 1 amide bonds. The molecule has 0 aliphatic carbocycles. The molecule has 0 saturated carbocycles. The molecule has 0 atom stereocenters. The minimum absolute atomic E-state index is 0.0342. The summed E-state index contributed by atoms with van der Waals surface area (Å²) in [6.45, 7) is 1.54. The smallest absolute Gasteiger partial charge is 0.346 e. The Bertz CT molecular complexity index is 1080. The Kier molecular flexibility index (Phi) is 3.99. The number of aryl methyl sites for hydroxylation is 1. The molecule has 0 unspecified atom stereocenters. The van der Waals surface area contributed by atoms with Crippen LogP contribution < -0.4 is 11.0 Å². The zero-order valence-corrected chi connectivity index (χ0v) is 13.8. The molecule has 3 aromatic rings. The minimum Gasteiger partial charge on any atom is -0.477 e. The van der Waals surface area contributed by atoms with Crippen LogP contribution in [0.1, 0.15) is 25.6 Å². The van der Waals surface area contributed by atoms with Crippen molar-refractivity contribution in [2.24, 2.45) is 0 Å². The Labute approximate surface area is 143 Å². The molecular weight excluding hydrogens is 352 g/mol. The number of fused-ring (bicyclic) bond motifs is 1. The average Bonchev–Trinajstić information content (AvgIpc) is 2.89. The fourth-order valence-electron chi connectivity index (χ4n) is 2.19. The maximum absolute atomic E-state index is 12.6. The largest absolute Gasteiger partial charge is 0.477 e. The standard InChI is InChI=1S/C14H10N4O4S2/c1-6-8-11(24-9(6)13(21)22)16-14(23)18(12(8)20)17-10(19)7-2-4-15-5-3-7/h2-5H,1H3,(H,16,23)(H,17,19)(H,21,22). The molecule has 24 heavy (non-hydrogen) atoms. The second kappa shape index (κ2) is 5.98. The summed E-state index contributed by atoms with van der Waals surface area (Å²) in [5.74, 6) is -1.66. The first kappa shape index (κ1) is 16.0. The zero-order valence-electron chi connectivity index (χ0n) is 12.2. The molecule has 8 nitrogen and oxygen atoms in total. The van der Waals surface area contributed by atoms with Crippen molar-refractivity contribution in [1.29, 1.82) is 0 Å². The molecule has 122 valence electrons. The lowest BCUT2D eigenvalue weighted by Gasteiger charge is -2.08. The van der Waals surface area contributed by atoms with Crippen molar-refractivity contribution >= 4 is 45.6 Å². The van der Waals surface area contributed by atoms with Crippen LogP contribution in [0.15, 0.2) is 29.3 Å². The third-order valence-corrected chi connectivity index (χ3v) is 4.82. The van der Waals surface area contributed by atoms with Crippen LogP contribution in [0, 0.1) is 11.7 Å².